The lowest BCUT2D eigenvalue weighted by Crippen LogP contribution is -2.53. The van der Waals surface area contributed by atoms with Gasteiger partial charge in [0.15, 0.2) is 0 Å². The lowest BCUT2D eigenvalue weighted by atomic mass is 9.97. The van der Waals surface area contributed by atoms with Crippen LogP contribution >= 0.6 is 0 Å². The van der Waals surface area contributed by atoms with Crippen molar-refractivity contribution in [3.63, 3.8) is 0 Å². The number of halogens is 7. The largest absolute Gasteiger partial charge is 0.431 e. The summed E-state index contributed by atoms with van der Waals surface area (Å²) in [7, 11) is 0. The van der Waals surface area contributed by atoms with Crippen molar-refractivity contribution in [2.75, 3.05) is 0 Å². The average Bonchev–Trinajstić information content (AvgIpc) is 1.95. The highest BCUT2D eigenvalue weighted by molar-refractivity contribution is 4.94. The summed E-state index contributed by atoms with van der Waals surface area (Å²) >= 11 is 0. The molecule has 0 aromatic heterocycles. The first-order chi connectivity index (χ1) is 6.06. The summed E-state index contributed by atoms with van der Waals surface area (Å²) in [6.07, 6.45) is -13.8. The monoisotopic (exact) mass is 226 g/mol. The van der Waals surface area contributed by atoms with Gasteiger partial charge in [-0.1, -0.05) is 13.3 Å². The highest BCUT2D eigenvalue weighted by Gasteiger charge is 2.71. The Morgan fingerprint density at radius 3 is 1.36 bits per heavy atom. The van der Waals surface area contributed by atoms with Crippen LogP contribution in [0.1, 0.15) is 26.2 Å². The van der Waals surface area contributed by atoms with E-state index in [1.165, 1.54) is 6.92 Å². The Morgan fingerprint density at radius 2 is 1.14 bits per heavy atom. The lowest BCUT2D eigenvalue weighted by molar-refractivity contribution is -0.343. The van der Waals surface area contributed by atoms with Crippen molar-refractivity contribution in [2.24, 2.45) is 0 Å². The van der Waals surface area contributed by atoms with E-state index < -0.39 is 30.9 Å². The van der Waals surface area contributed by atoms with Gasteiger partial charge in [-0.2, -0.15) is 26.3 Å². The number of rotatable bonds is 3. The molecular formula is C7H9F7. The third-order valence-corrected chi connectivity index (χ3v) is 1.77. The summed E-state index contributed by atoms with van der Waals surface area (Å²) < 4.78 is 83.7. The Labute approximate surface area is 76.1 Å². The molecule has 0 saturated carbocycles. The van der Waals surface area contributed by atoms with Gasteiger partial charge in [-0.15, -0.1) is 0 Å². The number of alkyl halides is 7. The molecule has 0 aliphatic heterocycles. The summed E-state index contributed by atoms with van der Waals surface area (Å²) in [5.74, 6) is 0. The Kier molecular flexibility index (Phi) is 3.80. The number of hydrogen-bond donors (Lipinski definition) is 0. The second-order valence-corrected chi connectivity index (χ2v) is 2.90. The molecule has 0 aromatic carbocycles. The summed E-state index contributed by atoms with van der Waals surface area (Å²) in [5.41, 5.74) is -5.07. The van der Waals surface area contributed by atoms with Crippen molar-refractivity contribution in [1.82, 2.24) is 0 Å². The van der Waals surface area contributed by atoms with Crippen LogP contribution in [0.5, 0.6) is 0 Å². The highest BCUT2D eigenvalue weighted by Crippen LogP contribution is 2.48. The molecule has 0 unspecified atom stereocenters. The van der Waals surface area contributed by atoms with Crippen molar-refractivity contribution in [3.05, 3.63) is 0 Å². The maximum absolute atomic E-state index is 12.7. The van der Waals surface area contributed by atoms with E-state index >= 15 is 0 Å². The van der Waals surface area contributed by atoms with Gasteiger partial charge in [-0.25, -0.2) is 4.39 Å². The maximum atomic E-state index is 12.7. The van der Waals surface area contributed by atoms with E-state index in [1.807, 2.05) is 0 Å². The molecule has 0 aromatic rings. The van der Waals surface area contributed by atoms with E-state index in [0.29, 0.717) is 0 Å². The summed E-state index contributed by atoms with van der Waals surface area (Å²) in [4.78, 5) is 0. The Bertz CT molecular complexity index is 163. The van der Waals surface area contributed by atoms with Gasteiger partial charge in [0.1, 0.15) is 0 Å². The smallest absolute Gasteiger partial charge is 0.224 e. The summed E-state index contributed by atoms with van der Waals surface area (Å²) in [5, 5.41) is 0. The van der Waals surface area contributed by atoms with Crippen LogP contribution in [0.3, 0.4) is 0 Å². The van der Waals surface area contributed by atoms with Crippen LogP contribution < -0.4 is 0 Å². The predicted octanol–water partition coefficient (Wildman–Crippen LogP) is 4.01. The van der Waals surface area contributed by atoms with Gasteiger partial charge in [0.25, 0.3) is 5.67 Å². The van der Waals surface area contributed by atoms with E-state index in [1.54, 1.807) is 0 Å². The van der Waals surface area contributed by atoms with Gasteiger partial charge in [-0.3, -0.25) is 0 Å². The van der Waals surface area contributed by atoms with Crippen molar-refractivity contribution in [3.8, 4) is 0 Å². The van der Waals surface area contributed by atoms with Crippen LogP contribution in [0.4, 0.5) is 30.7 Å². The zero-order valence-electron chi connectivity index (χ0n) is 7.27. The fourth-order valence-corrected chi connectivity index (χ4v) is 0.865. The van der Waals surface area contributed by atoms with Gasteiger partial charge in [0, 0.05) is 0 Å². The molecule has 0 spiro atoms. The average molecular weight is 226 g/mol. The summed E-state index contributed by atoms with van der Waals surface area (Å²) in [6, 6.07) is 0. The first kappa shape index (κ1) is 13.5. The molecule has 0 aliphatic rings. The second-order valence-electron chi connectivity index (χ2n) is 2.90. The van der Waals surface area contributed by atoms with Crippen molar-refractivity contribution >= 4 is 0 Å². The Balaban J connectivity index is 4.87. The highest BCUT2D eigenvalue weighted by atomic mass is 19.4. The molecule has 0 radical (unpaired) electrons. The zero-order valence-corrected chi connectivity index (χ0v) is 7.27. The minimum Gasteiger partial charge on any atom is -0.224 e. The standard InChI is InChI=1S/C7H9F7/c1-2-3-4-5(8,6(9,10)11)7(12,13)14/h2-4H2,1H3. The van der Waals surface area contributed by atoms with Crippen molar-refractivity contribution < 1.29 is 30.7 Å². The third kappa shape index (κ3) is 2.51. The SMILES string of the molecule is CCCCC(F)(C(F)(F)F)C(F)(F)F. The van der Waals surface area contributed by atoms with Crippen LogP contribution in [-0.2, 0) is 0 Å². The molecule has 0 aliphatic carbocycles. The maximum Gasteiger partial charge on any atom is 0.431 e. The fraction of sp³-hybridized carbons (Fsp3) is 1.00. The fourth-order valence-electron chi connectivity index (χ4n) is 0.865. The topological polar surface area (TPSA) is 0 Å². The van der Waals surface area contributed by atoms with Crippen LogP contribution in [0.25, 0.3) is 0 Å². The minimum absolute atomic E-state index is 0.0673. The first-order valence-electron chi connectivity index (χ1n) is 3.88. The third-order valence-electron chi connectivity index (χ3n) is 1.77. The molecule has 0 nitrogen and oxygen atoms in total. The lowest BCUT2D eigenvalue weighted by Gasteiger charge is -2.29. The van der Waals surface area contributed by atoms with Crippen LogP contribution in [0.15, 0.2) is 0 Å². The zero-order chi connectivity index (χ0) is 11.6. The van der Waals surface area contributed by atoms with E-state index in [2.05, 4.69) is 0 Å². The predicted molar refractivity (Wildman–Crippen MR) is 35.5 cm³/mol. The van der Waals surface area contributed by atoms with Crippen LogP contribution in [0.2, 0.25) is 0 Å². The Hall–Kier alpha value is -0.490. The molecule has 0 bridgehead atoms. The van der Waals surface area contributed by atoms with E-state index in [9.17, 15) is 30.7 Å². The van der Waals surface area contributed by atoms with Crippen molar-refractivity contribution in [1.29, 1.82) is 0 Å². The molecular weight excluding hydrogens is 217 g/mol. The molecule has 0 N–H and O–H groups in total. The summed E-state index contributed by atoms with van der Waals surface area (Å²) in [6.45, 7) is 1.38. The Morgan fingerprint density at radius 1 is 0.786 bits per heavy atom. The van der Waals surface area contributed by atoms with Crippen LogP contribution in [-0.4, -0.2) is 18.0 Å². The van der Waals surface area contributed by atoms with E-state index in [4.69, 9.17) is 0 Å². The first-order valence-corrected chi connectivity index (χ1v) is 3.88. The van der Waals surface area contributed by atoms with E-state index in [0.717, 1.165) is 0 Å². The van der Waals surface area contributed by atoms with Gasteiger partial charge < -0.3 is 0 Å². The molecule has 0 atom stereocenters. The van der Waals surface area contributed by atoms with Gasteiger partial charge in [0.05, 0.1) is 0 Å². The van der Waals surface area contributed by atoms with Crippen molar-refractivity contribution in [2.45, 2.75) is 44.2 Å². The molecule has 0 amide bonds. The quantitative estimate of drug-likeness (QED) is 0.638. The molecule has 0 fully saturated rings. The normalized spacial score (nSPS) is 14.6. The minimum atomic E-state index is -5.90. The molecule has 0 rings (SSSR count). The van der Waals surface area contributed by atoms with Crippen LogP contribution in [0, 0.1) is 0 Å². The molecule has 7 heteroatoms. The van der Waals surface area contributed by atoms with E-state index in [-0.39, 0.29) is 6.42 Å². The molecule has 0 saturated heterocycles. The second kappa shape index (κ2) is 3.94. The molecule has 86 valence electrons. The number of hydrogen-bond acceptors (Lipinski definition) is 0. The van der Waals surface area contributed by atoms with Gasteiger partial charge >= 0.3 is 12.4 Å². The van der Waals surface area contributed by atoms with Gasteiger partial charge in [0.2, 0.25) is 0 Å². The van der Waals surface area contributed by atoms with Gasteiger partial charge in [-0.05, 0) is 12.8 Å². The number of unbranched alkanes of at least 4 members (excludes halogenated alkanes) is 1. The molecule has 0 heterocycles. The molecule has 14 heavy (non-hydrogen) atoms.